The second-order valence-corrected chi connectivity index (χ2v) is 10.8. The molecule has 4 aliphatic carbocycles. The normalized spacial score (nSPS) is 46.2. The van der Waals surface area contributed by atoms with Crippen LogP contribution in [0, 0.1) is 40.4 Å². The second-order valence-electron chi connectivity index (χ2n) is 10.8. The second kappa shape index (κ2) is 7.67. The van der Waals surface area contributed by atoms with Crippen LogP contribution in [-0.4, -0.2) is 40.6 Å². The summed E-state index contributed by atoms with van der Waals surface area (Å²) in [5.74, 6) is 0.633. The highest BCUT2D eigenvalue weighted by Gasteiger charge is 2.62. The van der Waals surface area contributed by atoms with Crippen LogP contribution in [-0.2, 0) is 9.53 Å². The molecule has 0 saturated heterocycles. The van der Waals surface area contributed by atoms with Gasteiger partial charge in [0.25, 0.3) is 0 Å². The largest absolute Gasteiger partial charge is 0.512 e. The summed E-state index contributed by atoms with van der Waals surface area (Å²) in [6.45, 7) is 6.54. The van der Waals surface area contributed by atoms with E-state index in [0.717, 1.165) is 37.7 Å². The van der Waals surface area contributed by atoms with E-state index in [0.29, 0.717) is 18.1 Å². The average molecular weight is 419 g/mol. The Morgan fingerprint density at radius 1 is 1.33 bits per heavy atom. The average Bonchev–Trinajstić information content (AvgIpc) is 3.05. The number of ether oxygens (including phenoxy) is 1. The first-order valence-electron chi connectivity index (χ1n) is 11.7. The van der Waals surface area contributed by atoms with Gasteiger partial charge >= 0.3 is 5.97 Å². The molecule has 5 nitrogen and oxygen atoms in total. The molecule has 0 amide bonds. The Hall–Kier alpha value is -1.33. The van der Waals surface area contributed by atoms with Gasteiger partial charge in [0.1, 0.15) is 0 Å². The number of fused-ring (bicyclic) bond motifs is 5. The first kappa shape index (κ1) is 21.9. The molecule has 0 aliphatic heterocycles. The number of allylic oxidation sites excluding steroid dienone is 3. The zero-order valence-corrected chi connectivity index (χ0v) is 18.8. The van der Waals surface area contributed by atoms with Crippen molar-refractivity contribution in [1.82, 2.24) is 0 Å². The van der Waals surface area contributed by atoms with Gasteiger partial charge in [-0.2, -0.15) is 0 Å². The molecule has 2 fully saturated rings. The number of aliphatic carboxylic acids is 1. The van der Waals surface area contributed by atoms with E-state index in [2.05, 4.69) is 32.9 Å². The lowest BCUT2D eigenvalue weighted by atomic mass is 9.45. The van der Waals surface area contributed by atoms with Gasteiger partial charge in [-0.3, -0.25) is 4.79 Å². The Bertz CT molecular complexity index is 757. The third kappa shape index (κ3) is 3.15. The fourth-order valence-corrected chi connectivity index (χ4v) is 7.69. The summed E-state index contributed by atoms with van der Waals surface area (Å²) >= 11 is 0. The maximum absolute atomic E-state index is 11.4. The van der Waals surface area contributed by atoms with Gasteiger partial charge in [-0.05, 0) is 86.5 Å². The van der Waals surface area contributed by atoms with E-state index >= 15 is 0 Å². The summed E-state index contributed by atoms with van der Waals surface area (Å²) in [4.78, 5) is 11.1. The van der Waals surface area contributed by atoms with Gasteiger partial charge in [0.2, 0.25) is 0 Å². The van der Waals surface area contributed by atoms with Crippen LogP contribution >= 0.6 is 0 Å². The van der Waals surface area contributed by atoms with E-state index < -0.39 is 11.4 Å². The lowest BCUT2D eigenvalue weighted by Crippen LogP contribution is -2.57. The molecular weight excluding hydrogens is 380 g/mol. The van der Waals surface area contributed by atoms with E-state index in [1.807, 2.05) is 0 Å². The van der Waals surface area contributed by atoms with Crippen LogP contribution in [0.2, 0.25) is 0 Å². The van der Waals surface area contributed by atoms with Gasteiger partial charge < -0.3 is 20.1 Å². The number of carboxylic acids is 1. The Balaban J connectivity index is 1.66. The van der Waals surface area contributed by atoms with Gasteiger partial charge in [0.15, 0.2) is 0 Å². The molecule has 9 atom stereocenters. The van der Waals surface area contributed by atoms with Crippen molar-refractivity contribution in [3.05, 3.63) is 23.5 Å². The third-order valence-corrected chi connectivity index (χ3v) is 9.55. The molecule has 0 aromatic heterocycles. The number of aliphatic hydroxyl groups excluding tert-OH is 2. The molecule has 4 rings (SSSR count). The molecule has 2 saturated carbocycles. The molecule has 168 valence electrons. The quantitative estimate of drug-likeness (QED) is 0.563. The van der Waals surface area contributed by atoms with Crippen molar-refractivity contribution in [1.29, 1.82) is 0 Å². The van der Waals surface area contributed by atoms with Gasteiger partial charge in [0.05, 0.1) is 18.0 Å². The number of aliphatic hydroxyl groups is 2. The number of carboxylic acid groups (broad SMARTS) is 1. The lowest BCUT2D eigenvalue weighted by Gasteiger charge is -2.60. The van der Waals surface area contributed by atoms with E-state index in [-0.39, 0.29) is 47.7 Å². The van der Waals surface area contributed by atoms with E-state index in [1.165, 1.54) is 0 Å². The van der Waals surface area contributed by atoms with Crippen LogP contribution in [0.25, 0.3) is 0 Å². The molecule has 0 spiro atoms. The van der Waals surface area contributed by atoms with E-state index in [9.17, 15) is 15.0 Å². The minimum absolute atomic E-state index is 0.0753. The highest BCUT2D eigenvalue weighted by atomic mass is 16.5. The number of rotatable bonds is 5. The summed E-state index contributed by atoms with van der Waals surface area (Å²) in [5, 5.41) is 31.8. The first-order valence-corrected chi connectivity index (χ1v) is 11.7. The Morgan fingerprint density at radius 2 is 2.07 bits per heavy atom. The SMILES string of the molecule is COC1CCC2(C)C(C1)CC(O)C1C3CC=C(C(C)CCC(=O)O)C3(C)C(O)=CC12. The summed E-state index contributed by atoms with van der Waals surface area (Å²) in [5.41, 5.74) is 0.738. The van der Waals surface area contributed by atoms with Crippen molar-refractivity contribution in [3.8, 4) is 0 Å². The fourth-order valence-electron chi connectivity index (χ4n) is 7.69. The van der Waals surface area contributed by atoms with Crippen LogP contribution in [0.5, 0.6) is 0 Å². The smallest absolute Gasteiger partial charge is 0.303 e. The summed E-state index contributed by atoms with van der Waals surface area (Å²) in [6.07, 6.45) is 9.65. The standard InChI is InChI=1S/C25H38O5/c1-14(5-8-22(28)29)17-6-7-18-23-19(13-21(27)25(17,18)3)24(2)10-9-16(30-4)11-15(24)12-20(23)26/h6,13-16,18-20,23,26-27H,5,7-12H2,1-4H3,(H,28,29). The van der Waals surface area contributed by atoms with Gasteiger partial charge in [0, 0.05) is 18.9 Å². The predicted molar refractivity (Wildman–Crippen MR) is 115 cm³/mol. The van der Waals surface area contributed by atoms with E-state index in [1.54, 1.807) is 7.11 Å². The maximum atomic E-state index is 11.4. The molecule has 9 unspecified atom stereocenters. The number of hydrogen-bond donors (Lipinski definition) is 3. The van der Waals surface area contributed by atoms with Crippen molar-refractivity contribution in [2.75, 3.05) is 7.11 Å². The molecule has 3 N–H and O–H groups in total. The molecule has 5 heteroatoms. The third-order valence-electron chi connectivity index (χ3n) is 9.55. The van der Waals surface area contributed by atoms with Gasteiger partial charge in [-0.25, -0.2) is 0 Å². The summed E-state index contributed by atoms with van der Waals surface area (Å²) in [6, 6.07) is 0. The Labute approximate surface area is 180 Å². The molecule has 0 aromatic rings. The minimum Gasteiger partial charge on any atom is -0.512 e. The van der Waals surface area contributed by atoms with Crippen molar-refractivity contribution < 1.29 is 24.9 Å². The van der Waals surface area contributed by atoms with Gasteiger partial charge in [-0.1, -0.05) is 25.5 Å². The Morgan fingerprint density at radius 3 is 2.73 bits per heavy atom. The molecule has 0 bridgehead atoms. The van der Waals surface area contributed by atoms with Crippen LogP contribution < -0.4 is 0 Å². The Kier molecular flexibility index (Phi) is 5.59. The van der Waals surface area contributed by atoms with Crippen LogP contribution in [0.4, 0.5) is 0 Å². The van der Waals surface area contributed by atoms with Crippen LogP contribution in [0.1, 0.15) is 65.7 Å². The van der Waals surface area contributed by atoms with Crippen molar-refractivity contribution in [2.45, 2.75) is 77.9 Å². The maximum Gasteiger partial charge on any atom is 0.303 e. The monoisotopic (exact) mass is 418 g/mol. The van der Waals surface area contributed by atoms with Crippen molar-refractivity contribution >= 4 is 5.97 Å². The molecule has 0 radical (unpaired) electrons. The van der Waals surface area contributed by atoms with Crippen LogP contribution in [0.15, 0.2) is 23.5 Å². The van der Waals surface area contributed by atoms with E-state index in [4.69, 9.17) is 9.84 Å². The summed E-state index contributed by atoms with van der Waals surface area (Å²) in [7, 11) is 1.78. The molecule has 0 heterocycles. The van der Waals surface area contributed by atoms with Crippen molar-refractivity contribution in [2.24, 2.45) is 40.4 Å². The first-order chi connectivity index (χ1) is 14.1. The predicted octanol–water partition coefficient (Wildman–Crippen LogP) is 4.71. The zero-order valence-electron chi connectivity index (χ0n) is 18.8. The van der Waals surface area contributed by atoms with Crippen LogP contribution in [0.3, 0.4) is 0 Å². The summed E-state index contributed by atoms with van der Waals surface area (Å²) < 4.78 is 5.65. The highest BCUT2D eigenvalue weighted by Crippen LogP contribution is 2.66. The molecule has 0 aromatic carbocycles. The highest BCUT2D eigenvalue weighted by molar-refractivity contribution is 5.66. The lowest BCUT2D eigenvalue weighted by molar-refractivity contribution is -0.141. The van der Waals surface area contributed by atoms with Crippen molar-refractivity contribution in [3.63, 3.8) is 0 Å². The van der Waals surface area contributed by atoms with Gasteiger partial charge in [-0.15, -0.1) is 0 Å². The number of methoxy groups -OCH3 is 1. The zero-order chi connectivity index (χ0) is 21.8. The number of carbonyl (C=O) groups is 1. The molecule has 4 aliphatic rings. The minimum atomic E-state index is -0.779. The number of hydrogen-bond acceptors (Lipinski definition) is 4. The molecular formula is C25H38O5. The molecule has 30 heavy (non-hydrogen) atoms. The fraction of sp³-hybridized carbons (Fsp3) is 0.800. The topological polar surface area (TPSA) is 87.0 Å².